The van der Waals surface area contributed by atoms with Gasteiger partial charge in [-0.25, -0.2) is 0 Å². The van der Waals surface area contributed by atoms with E-state index in [0.717, 1.165) is 6.54 Å². The number of nitrogens with one attached hydrogen (secondary N) is 1. The molecular formula is C12H14BrNS2. The molecule has 86 valence electrons. The van der Waals surface area contributed by atoms with Crippen molar-refractivity contribution in [3.8, 4) is 0 Å². The molecule has 4 heteroatoms. The van der Waals surface area contributed by atoms with Crippen LogP contribution < -0.4 is 5.32 Å². The predicted octanol–water partition coefficient (Wildman–Crippen LogP) is 4.58. The first-order valence-corrected chi connectivity index (χ1v) is 7.73. The summed E-state index contributed by atoms with van der Waals surface area (Å²) in [5.41, 5.74) is 0. The van der Waals surface area contributed by atoms with E-state index in [0.29, 0.717) is 6.04 Å². The van der Waals surface area contributed by atoms with Gasteiger partial charge in [-0.1, -0.05) is 6.92 Å². The molecule has 0 aliphatic rings. The van der Waals surface area contributed by atoms with Gasteiger partial charge in [-0.15, -0.1) is 22.7 Å². The molecule has 0 amide bonds. The Morgan fingerprint density at radius 2 is 2.19 bits per heavy atom. The predicted molar refractivity (Wildman–Crippen MR) is 76.6 cm³/mol. The van der Waals surface area contributed by atoms with Gasteiger partial charge in [0, 0.05) is 24.5 Å². The third-order valence-corrected chi connectivity index (χ3v) is 5.15. The summed E-state index contributed by atoms with van der Waals surface area (Å²) in [4.78, 5) is 4.14. The molecule has 1 atom stereocenters. The highest BCUT2D eigenvalue weighted by atomic mass is 79.9. The molecule has 0 bridgehead atoms. The number of aryl methyl sites for hydroxylation is 1. The first-order valence-electron chi connectivity index (χ1n) is 5.24. The molecule has 0 aliphatic heterocycles. The summed E-state index contributed by atoms with van der Waals surface area (Å²) in [6, 6.07) is 6.96. The van der Waals surface area contributed by atoms with E-state index in [1.807, 2.05) is 11.3 Å². The normalized spacial score (nSPS) is 12.9. The standard InChI is InChI=1S/C12H14BrNS2/c1-3-14-12(10-5-4-8(2)16-10)11-6-9(13)7-15-11/h4-7,12,14H,3H2,1-2H3. The Hall–Kier alpha value is -0.160. The van der Waals surface area contributed by atoms with E-state index in [1.165, 1.54) is 19.1 Å². The van der Waals surface area contributed by atoms with Gasteiger partial charge in [-0.2, -0.15) is 0 Å². The van der Waals surface area contributed by atoms with Crippen LogP contribution in [0.3, 0.4) is 0 Å². The highest BCUT2D eigenvalue weighted by Gasteiger charge is 2.16. The van der Waals surface area contributed by atoms with Crippen molar-refractivity contribution in [1.29, 1.82) is 0 Å². The molecule has 2 aromatic heterocycles. The van der Waals surface area contributed by atoms with Crippen molar-refractivity contribution >= 4 is 38.6 Å². The first-order chi connectivity index (χ1) is 7.70. The second-order valence-electron chi connectivity index (χ2n) is 3.61. The Labute approximate surface area is 113 Å². The fourth-order valence-electron chi connectivity index (χ4n) is 1.63. The fourth-order valence-corrected chi connectivity index (χ4v) is 4.22. The van der Waals surface area contributed by atoms with Gasteiger partial charge in [-0.3, -0.25) is 0 Å². The lowest BCUT2D eigenvalue weighted by atomic mass is 10.2. The third-order valence-electron chi connectivity index (χ3n) is 2.33. The zero-order valence-corrected chi connectivity index (χ0v) is 12.5. The molecule has 1 N–H and O–H groups in total. The summed E-state index contributed by atoms with van der Waals surface area (Å²) in [7, 11) is 0. The molecule has 0 aromatic carbocycles. The van der Waals surface area contributed by atoms with E-state index < -0.39 is 0 Å². The highest BCUT2D eigenvalue weighted by Crippen LogP contribution is 2.33. The lowest BCUT2D eigenvalue weighted by Gasteiger charge is -2.14. The van der Waals surface area contributed by atoms with Gasteiger partial charge < -0.3 is 5.32 Å². The Morgan fingerprint density at radius 3 is 2.69 bits per heavy atom. The Morgan fingerprint density at radius 1 is 1.38 bits per heavy atom. The van der Waals surface area contributed by atoms with E-state index in [9.17, 15) is 0 Å². The van der Waals surface area contributed by atoms with E-state index in [1.54, 1.807) is 11.3 Å². The maximum atomic E-state index is 3.54. The largest absolute Gasteiger partial charge is 0.305 e. The summed E-state index contributed by atoms with van der Waals surface area (Å²) in [5, 5.41) is 5.68. The summed E-state index contributed by atoms with van der Waals surface area (Å²) in [6.45, 7) is 5.29. The van der Waals surface area contributed by atoms with Gasteiger partial charge in [0.25, 0.3) is 0 Å². The molecule has 1 nitrogen and oxygen atoms in total. The van der Waals surface area contributed by atoms with Crippen LogP contribution in [0.25, 0.3) is 0 Å². The molecule has 0 aliphatic carbocycles. The van der Waals surface area contributed by atoms with Crippen LogP contribution >= 0.6 is 38.6 Å². The topological polar surface area (TPSA) is 12.0 Å². The summed E-state index contributed by atoms with van der Waals surface area (Å²) in [5.74, 6) is 0. The van der Waals surface area contributed by atoms with E-state index >= 15 is 0 Å². The Kier molecular flexibility index (Phi) is 4.19. The molecule has 0 radical (unpaired) electrons. The van der Waals surface area contributed by atoms with Crippen LogP contribution in [0.5, 0.6) is 0 Å². The number of hydrogen-bond donors (Lipinski definition) is 1. The van der Waals surface area contributed by atoms with Crippen LogP contribution in [-0.4, -0.2) is 6.54 Å². The zero-order valence-electron chi connectivity index (χ0n) is 9.29. The second-order valence-corrected chi connectivity index (χ2v) is 6.78. The first kappa shape index (κ1) is 12.3. The van der Waals surface area contributed by atoms with E-state index in [2.05, 4.69) is 58.7 Å². The minimum atomic E-state index is 0.347. The number of hydrogen-bond acceptors (Lipinski definition) is 3. The van der Waals surface area contributed by atoms with Crippen molar-refractivity contribution in [3.05, 3.63) is 42.7 Å². The van der Waals surface area contributed by atoms with Gasteiger partial charge in [-0.05, 0) is 47.6 Å². The van der Waals surface area contributed by atoms with Crippen molar-refractivity contribution in [2.45, 2.75) is 19.9 Å². The fraction of sp³-hybridized carbons (Fsp3) is 0.333. The molecule has 16 heavy (non-hydrogen) atoms. The van der Waals surface area contributed by atoms with Gasteiger partial charge in [0.15, 0.2) is 0 Å². The van der Waals surface area contributed by atoms with E-state index in [4.69, 9.17) is 0 Å². The minimum Gasteiger partial charge on any atom is -0.305 e. The molecule has 1 unspecified atom stereocenters. The van der Waals surface area contributed by atoms with Crippen LogP contribution in [0, 0.1) is 6.92 Å². The third kappa shape index (κ3) is 2.74. The molecule has 0 fully saturated rings. The SMILES string of the molecule is CCNC(c1cc(Br)cs1)c1ccc(C)s1. The van der Waals surface area contributed by atoms with Crippen molar-refractivity contribution in [3.63, 3.8) is 0 Å². The molecule has 0 spiro atoms. The van der Waals surface area contributed by atoms with E-state index in [-0.39, 0.29) is 0 Å². The smallest absolute Gasteiger partial charge is 0.0765 e. The molecule has 0 saturated heterocycles. The zero-order chi connectivity index (χ0) is 11.5. The number of rotatable bonds is 4. The molecule has 2 heterocycles. The molecular weight excluding hydrogens is 302 g/mol. The summed E-state index contributed by atoms with van der Waals surface area (Å²) in [6.07, 6.45) is 0. The monoisotopic (exact) mass is 315 g/mol. The average Bonchev–Trinajstić information content (AvgIpc) is 2.84. The lowest BCUT2D eigenvalue weighted by molar-refractivity contribution is 0.648. The Bertz CT molecular complexity index is 421. The number of thiophene rings is 2. The molecule has 2 rings (SSSR count). The quantitative estimate of drug-likeness (QED) is 0.870. The second kappa shape index (κ2) is 5.45. The van der Waals surface area contributed by atoms with Crippen molar-refractivity contribution in [1.82, 2.24) is 5.32 Å². The van der Waals surface area contributed by atoms with Crippen LogP contribution in [0.1, 0.15) is 27.6 Å². The number of halogens is 1. The van der Waals surface area contributed by atoms with Gasteiger partial charge in [0.05, 0.1) is 6.04 Å². The summed E-state index contributed by atoms with van der Waals surface area (Å²) >= 11 is 7.18. The van der Waals surface area contributed by atoms with Gasteiger partial charge >= 0.3 is 0 Å². The Balaban J connectivity index is 2.30. The molecule has 2 aromatic rings. The lowest BCUT2D eigenvalue weighted by Crippen LogP contribution is -2.19. The van der Waals surface area contributed by atoms with Crippen LogP contribution in [0.2, 0.25) is 0 Å². The van der Waals surface area contributed by atoms with Crippen LogP contribution in [0.4, 0.5) is 0 Å². The van der Waals surface area contributed by atoms with Crippen LogP contribution in [0.15, 0.2) is 28.1 Å². The molecule has 0 saturated carbocycles. The average molecular weight is 316 g/mol. The van der Waals surface area contributed by atoms with Gasteiger partial charge in [0.1, 0.15) is 0 Å². The van der Waals surface area contributed by atoms with Gasteiger partial charge in [0.2, 0.25) is 0 Å². The van der Waals surface area contributed by atoms with Crippen molar-refractivity contribution < 1.29 is 0 Å². The maximum absolute atomic E-state index is 3.54. The maximum Gasteiger partial charge on any atom is 0.0765 e. The van der Waals surface area contributed by atoms with Crippen LogP contribution in [-0.2, 0) is 0 Å². The van der Waals surface area contributed by atoms with Crippen molar-refractivity contribution in [2.24, 2.45) is 0 Å². The summed E-state index contributed by atoms with van der Waals surface area (Å²) < 4.78 is 1.17. The highest BCUT2D eigenvalue weighted by molar-refractivity contribution is 9.10. The van der Waals surface area contributed by atoms with Crippen molar-refractivity contribution in [2.75, 3.05) is 6.54 Å². The minimum absolute atomic E-state index is 0.347.